The van der Waals surface area contributed by atoms with Gasteiger partial charge in [0.2, 0.25) is 0 Å². The molecule has 4 unspecified atom stereocenters. The zero-order valence-electron chi connectivity index (χ0n) is 19.4. The molecule has 0 aromatic rings. The third kappa shape index (κ3) is 5.50. The summed E-state index contributed by atoms with van der Waals surface area (Å²) in [6.45, 7) is 1.80. The number of amides is 2. The average Bonchev–Trinajstić information content (AvgIpc) is 3.47. The highest BCUT2D eigenvalue weighted by molar-refractivity contribution is 7.88. The van der Waals surface area contributed by atoms with Gasteiger partial charge in [0.1, 0.15) is 0 Å². The molecule has 0 aromatic heterocycles. The van der Waals surface area contributed by atoms with E-state index in [1.165, 1.54) is 25.7 Å². The summed E-state index contributed by atoms with van der Waals surface area (Å²) in [6, 6.07) is 0. The van der Waals surface area contributed by atoms with Gasteiger partial charge in [0, 0.05) is 0 Å². The lowest BCUT2D eigenvalue weighted by atomic mass is 9.85. The van der Waals surface area contributed by atoms with E-state index in [9.17, 15) is 31.6 Å². The number of halogens is 2. The SMILES string of the molecule is CCCCCCCCCCCCOC(=O)C(F)(F)S(=O)(=O)ON1C(=O)C2C3C=CC(C3)C2C1=O. The largest absolute Gasteiger partial charge is 0.467 e. The van der Waals surface area contributed by atoms with E-state index in [4.69, 9.17) is 0 Å². The third-order valence-electron chi connectivity index (χ3n) is 6.89. The summed E-state index contributed by atoms with van der Waals surface area (Å²) in [6.07, 6.45) is 14.0. The lowest BCUT2D eigenvalue weighted by molar-refractivity contribution is -0.172. The normalized spacial score (nSPS) is 25.9. The van der Waals surface area contributed by atoms with Crippen LogP contribution in [0.2, 0.25) is 0 Å². The van der Waals surface area contributed by atoms with E-state index in [-0.39, 0.29) is 23.5 Å². The molecule has 192 valence electrons. The monoisotopic (exact) mass is 505 g/mol. The molecule has 0 aromatic carbocycles. The molecule has 0 N–H and O–H groups in total. The third-order valence-corrected chi connectivity index (χ3v) is 8.03. The smallest absolute Gasteiger partial charge is 0.460 e. The number of unbranched alkanes of at least 4 members (excludes halogenated alkanes) is 9. The molecule has 34 heavy (non-hydrogen) atoms. The Morgan fingerprint density at radius 2 is 1.41 bits per heavy atom. The Balaban J connectivity index is 1.40. The Morgan fingerprint density at radius 1 is 0.941 bits per heavy atom. The van der Waals surface area contributed by atoms with Crippen molar-refractivity contribution in [3.05, 3.63) is 12.2 Å². The summed E-state index contributed by atoms with van der Waals surface area (Å²) >= 11 is 0. The Labute approximate surface area is 199 Å². The summed E-state index contributed by atoms with van der Waals surface area (Å²) in [5, 5.41) is -5.18. The summed E-state index contributed by atoms with van der Waals surface area (Å²) in [4.78, 5) is 36.7. The van der Waals surface area contributed by atoms with Crippen molar-refractivity contribution in [3.63, 3.8) is 0 Å². The average molecular weight is 506 g/mol. The quantitative estimate of drug-likeness (QED) is 0.143. The van der Waals surface area contributed by atoms with Crippen molar-refractivity contribution in [1.29, 1.82) is 0 Å². The van der Waals surface area contributed by atoms with E-state index in [0.717, 1.165) is 25.7 Å². The maximum absolute atomic E-state index is 14.3. The Morgan fingerprint density at radius 3 is 1.91 bits per heavy atom. The van der Waals surface area contributed by atoms with Gasteiger partial charge in [-0.05, 0) is 24.7 Å². The van der Waals surface area contributed by atoms with Crippen LogP contribution >= 0.6 is 0 Å². The van der Waals surface area contributed by atoms with Gasteiger partial charge in [-0.25, -0.2) is 4.79 Å². The zero-order valence-corrected chi connectivity index (χ0v) is 20.2. The van der Waals surface area contributed by atoms with Crippen molar-refractivity contribution < 1.29 is 40.6 Å². The number of ether oxygens (including phenoxy) is 1. The molecule has 0 radical (unpaired) electrons. The molecule has 2 fully saturated rings. The van der Waals surface area contributed by atoms with Crippen LogP contribution in [0.3, 0.4) is 0 Å². The number of nitrogens with zero attached hydrogens (tertiary/aromatic N) is 1. The molecule has 1 aliphatic heterocycles. The second-order valence-electron chi connectivity index (χ2n) is 9.33. The molecule has 4 atom stereocenters. The summed E-state index contributed by atoms with van der Waals surface area (Å²) in [5.74, 6) is -6.41. The molecule has 2 amide bonds. The molecular weight excluding hydrogens is 472 g/mol. The Bertz CT molecular complexity index is 875. The highest BCUT2D eigenvalue weighted by atomic mass is 32.2. The highest BCUT2D eigenvalue weighted by Crippen LogP contribution is 2.52. The summed E-state index contributed by atoms with van der Waals surface area (Å²) in [5.41, 5.74) is 0. The van der Waals surface area contributed by atoms with Crippen molar-refractivity contribution in [2.75, 3.05) is 6.61 Å². The number of imide groups is 1. The predicted molar refractivity (Wildman–Crippen MR) is 117 cm³/mol. The zero-order chi connectivity index (χ0) is 24.9. The first-order chi connectivity index (χ1) is 16.1. The Kier molecular flexibility index (Phi) is 8.83. The number of carbonyl (C=O) groups is 3. The number of allylic oxidation sites excluding steroid dienone is 2. The minimum absolute atomic E-state index is 0.125. The maximum Gasteiger partial charge on any atom is 0.467 e. The first kappa shape index (κ1) is 26.7. The molecule has 1 saturated heterocycles. The molecule has 3 aliphatic rings. The topological polar surface area (TPSA) is 107 Å². The second kappa shape index (κ2) is 11.2. The van der Waals surface area contributed by atoms with Crippen molar-refractivity contribution in [2.24, 2.45) is 23.7 Å². The van der Waals surface area contributed by atoms with E-state index in [0.29, 0.717) is 19.3 Å². The molecule has 1 saturated carbocycles. The highest BCUT2D eigenvalue weighted by Gasteiger charge is 2.64. The molecule has 1 heterocycles. The van der Waals surface area contributed by atoms with Crippen molar-refractivity contribution in [1.82, 2.24) is 5.06 Å². The molecule has 0 spiro atoms. The Hall–Kier alpha value is -1.88. The molecule has 11 heteroatoms. The number of hydrogen-bond donors (Lipinski definition) is 0. The number of hydroxylamine groups is 2. The second-order valence-corrected chi connectivity index (χ2v) is 10.9. The van der Waals surface area contributed by atoms with Crippen molar-refractivity contribution in [3.8, 4) is 0 Å². The summed E-state index contributed by atoms with van der Waals surface area (Å²) in [7, 11) is -5.96. The lowest BCUT2D eigenvalue weighted by Crippen LogP contribution is -2.45. The van der Waals surface area contributed by atoms with Gasteiger partial charge in [0.05, 0.1) is 18.4 Å². The number of esters is 1. The van der Waals surface area contributed by atoms with Crippen LogP contribution in [0.5, 0.6) is 0 Å². The minimum Gasteiger partial charge on any atom is -0.460 e. The van der Waals surface area contributed by atoms with Gasteiger partial charge in [-0.1, -0.05) is 76.9 Å². The van der Waals surface area contributed by atoms with Gasteiger partial charge >= 0.3 is 21.3 Å². The first-order valence-electron chi connectivity index (χ1n) is 12.2. The standard InChI is InChI=1S/C23H33F2NO7S/c1-2-3-4-5-6-7-8-9-10-11-14-32-22(29)23(24,25)34(30,31)33-26-20(27)18-16-12-13-17(15-16)19(18)21(26)28/h12-13,16-19H,2-11,14-15H2,1H3. The van der Waals surface area contributed by atoms with Gasteiger partial charge in [0.25, 0.3) is 11.8 Å². The number of alkyl halides is 2. The van der Waals surface area contributed by atoms with Crippen LogP contribution in [-0.2, 0) is 33.5 Å². The van der Waals surface area contributed by atoms with E-state index >= 15 is 0 Å². The van der Waals surface area contributed by atoms with E-state index in [1.807, 2.05) is 0 Å². The van der Waals surface area contributed by atoms with E-state index < -0.39 is 45.0 Å². The molecule has 2 bridgehead atoms. The van der Waals surface area contributed by atoms with Gasteiger partial charge in [-0.2, -0.15) is 17.2 Å². The molecular formula is C23H33F2NO7S. The van der Waals surface area contributed by atoms with Gasteiger partial charge in [-0.3, -0.25) is 9.59 Å². The van der Waals surface area contributed by atoms with Crippen molar-refractivity contribution in [2.45, 2.75) is 82.8 Å². The minimum atomic E-state index is -5.96. The van der Waals surface area contributed by atoms with Crippen LogP contribution in [0, 0.1) is 23.7 Å². The number of carbonyl (C=O) groups excluding carboxylic acids is 3. The summed E-state index contributed by atoms with van der Waals surface area (Å²) < 4.78 is 61.5. The van der Waals surface area contributed by atoms with Gasteiger partial charge in [-0.15, -0.1) is 9.35 Å². The number of rotatable bonds is 15. The fourth-order valence-electron chi connectivity index (χ4n) is 5.03. The predicted octanol–water partition coefficient (Wildman–Crippen LogP) is 4.11. The lowest BCUT2D eigenvalue weighted by Gasteiger charge is -2.19. The molecule has 8 nitrogen and oxygen atoms in total. The van der Waals surface area contributed by atoms with Gasteiger partial charge < -0.3 is 4.74 Å². The van der Waals surface area contributed by atoms with Crippen LogP contribution < -0.4 is 0 Å². The van der Waals surface area contributed by atoms with E-state index in [2.05, 4.69) is 15.9 Å². The van der Waals surface area contributed by atoms with Crippen LogP contribution in [-0.4, -0.2) is 43.1 Å². The van der Waals surface area contributed by atoms with E-state index in [1.54, 1.807) is 12.2 Å². The van der Waals surface area contributed by atoms with Crippen molar-refractivity contribution >= 4 is 27.9 Å². The maximum atomic E-state index is 14.3. The van der Waals surface area contributed by atoms with Crippen LogP contribution in [0.25, 0.3) is 0 Å². The fourth-order valence-corrected chi connectivity index (χ4v) is 5.73. The number of fused-ring (bicyclic) bond motifs is 5. The van der Waals surface area contributed by atoms with Crippen LogP contribution in [0.15, 0.2) is 12.2 Å². The van der Waals surface area contributed by atoms with Gasteiger partial charge in [0.15, 0.2) is 0 Å². The number of hydrogen-bond acceptors (Lipinski definition) is 7. The van der Waals surface area contributed by atoms with Crippen LogP contribution in [0.1, 0.15) is 77.6 Å². The fraction of sp³-hybridized carbons (Fsp3) is 0.783. The molecule has 2 aliphatic carbocycles. The molecule has 3 rings (SSSR count). The van der Waals surface area contributed by atoms with Crippen LogP contribution in [0.4, 0.5) is 8.78 Å². The first-order valence-corrected chi connectivity index (χ1v) is 13.6.